The summed E-state index contributed by atoms with van der Waals surface area (Å²) in [6.07, 6.45) is 5.01. The molecule has 1 aliphatic carbocycles. The zero-order valence-corrected chi connectivity index (χ0v) is 12.5. The van der Waals surface area contributed by atoms with Crippen molar-refractivity contribution in [2.75, 3.05) is 6.54 Å². The van der Waals surface area contributed by atoms with Crippen LogP contribution in [-0.2, 0) is 15.0 Å². The van der Waals surface area contributed by atoms with Crippen LogP contribution < -0.4 is 5.32 Å². The Kier molecular flexibility index (Phi) is 4.81. The van der Waals surface area contributed by atoms with Gasteiger partial charge in [-0.05, 0) is 24.3 Å². The van der Waals surface area contributed by atoms with Crippen molar-refractivity contribution < 1.29 is 14.7 Å². The molecule has 0 bridgehead atoms. The highest BCUT2D eigenvalue weighted by molar-refractivity contribution is 7.10. The highest BCUT2D eigenvalue weighted by Gasteiger charge is 2.41. The quantitative estimate of drug-likeness (QED) is 0.878. The van der Waals surface area contributed by atoms with Gasteiger partial charge in [-0.1, -0.05) is 32.3 Å². The Hall–Kier alpha value is -1.36. The van der Waals surface area contributed by atoms with Crippen molar-refractivity contribution in [3.05, 3.63) is 22.4 Å². The lowest BCUT2D eigenvalue weighted by Gasteiger charge is -2.35. The summed E-state index contributed by atoms with van der Waals surface area (Å²) < 4.78 is 0. The second-order valence-electron chi connectivity index (χ2n) is 5.57. The third kappa shape index (κ3) is 3.03. The van der Waals surface area contributed by atoms with E-state index in [9.17, 15) is 9.59 Å². The van der Waals surface area contributed by atoms with Crippen molar-refractivity contribution in [3.63, 3.8) is 0 Å². The fourth-order valence-electron chi connectivity index (χ4n) is 2.79. The number of aliphatic carboxylic acids is 1. The van der Waals surface area contributed by atoms with E-state index >= 15 is 0 Å². The lowest BCUT2D eigenvalue weighted by molar-refractivity contribution is -0.141. The van der Waals surface area contributed by atoms with Gasteiger partial charge in [-0.3, -0.25) is 9.59 Å². The van der Waals surface area contributed by atoms with Crippen molar-refractivity contribution in [2.24, 2.45) is 5.92 Å². The first-order valence-corrected chi connectivity index (χ1v) is 7.99. The fraction of sp³-hybridized carbons (Fsp3) is 0.600. The minimum atomic E-state index is -0.876. The van der Waals surface area contributed by atoms with E-state index in [1.165, 1.54) is 6.42 Å². The van der Waals surface area contributed by atoms with Crippen LogP contribution in [0, 0.1) is 5.92 Å². The van der Waals surface area contributed by atoms with Crippen LogP contribution in [0.1, 0.15) is 43.9 Å². The molecule has 1 aromatic rings. The van der Waals surface area contributed by atoms with Gasteiger partial charge in [-0.25, -0.2) is 0 Å². The Morgan fingerprint density at radius 3 is 2.65 bits per heavy atom. The maximum atomic E-state index is 12.6. The van der Waals surface area contributed by atoms with Crippen LogP contribution in [0.15, 0.2) is 17.5 Å². The summed E-state index contributed by atoms with van der Waals surface area (Å²) in [6, 6.07) is 4.00. The van der Waals surface area contributed by atoms with Crippen LogP contribution in [0.25, 0.3) is 0 Å². The number of carboxylic acids is 1. The molecule has 0 radical (unpaired) electrons. The standard InChI is InChI=1S/C15H21NO3S/c1-11(13(17)18)10-16-14(19)15(7-3-2-4-8-15)12-6-5-9-20-12/h5-6,9,11H,2-4,7-8,10H2,1H3,(H,16,19)(H,17,18). The maximum absolute atomic E-state index is 12.6. The monoisotopic (exact) mass is 295 g/mol. The van der Waals surface area contributed by atoms with Gasteiger partial charge >= 0.3 is 5.97 Å². The van der Waals surface area contributed by atoms with Crippen LogP contribution >= 0.6 is 11.3 Å². The summed E-state index contributed by atoms with van der Waals surface area (Å²) in [5.41, 5.74) is -0.440. The molecule has 1 aromatic heterocycles. The predicted molar refractivity (Wildman–Crippen MR) is 78.9 cm³/mol. The van der Waals surface area contributed by atoms with Crippen LogP contribution in [0.5, 0.6) is 0 Å². The van der Waals surface area contributed by atoms with Crippen molar-refractivity contribution >= 4 is 23.2 Å². The highest BCUT2D eigenvalue weighted by Crippen LogP contribution is 2.41. The van der Waals surface area contributed by atoms with E-state index in [1.807, 2.05) is 17.5 Å². The van der Waals surface area contributed by atoms with Crippen LogP contribution in [0.3, 0.4) is 0 Å². The zero-order valence-electron chi connectivity index (χ0n) is 11.7. The molecule has 1 fully saturated rings. The number of carbonyl (C=O) groups excluding carboxylic acids is 1. The number of hydrogen-bond acceptors (Lipinski definition) is 3. The summed E-state index contributed by atoms with van der Waals surface area (Å²) in [5, 5.41) is 13.8. The number of amides is 1. The van der Waals surface area contributed by atoms with Crippen molar-refractivity contribution in [1.82, 2.24) is 5.32 Å². The molecule has 0 aliphatic heterocycles. The minimum absolute atomic E-state index is 0.00671. The van der Waals surface area contributed by atoms with Crippen molar-refractivity contribution in [3.8, 4) is 0 Å². The molecule has 0 saturated heterocycles. The van der Waals surface area contributed by atoms with E-state index < -0.39 is 17.3 Å². The summed E-state index contributed by atoms with van der Waals surface area (Å²) in [4.78, 5) is 24.6. The molecule has 4 nitrogen and oxygen atoms in total. The van der Waals surface area contributed by atoms with Gasteiger partial charge in [0.15, 0.2) is 0 Å². The average Bonchev–Trinajstić information content (AvgIpc) is 2.99. The lowest BCUT2D eigenvalue weighted by atomic mass is 9.72. The van der Waals surface area contributed by atoms with Crippen LogP contribution in [0.2, 0.25) is 0 Å². The molecule has 0 spiro atoms. The van der Waals surface area contributed by atoms with E-state index in [0.717, 1.165) is 30.6 Å². The van der Waals surface area contributed by atoms with Gasteiger partial charge in [-0.2, -0.15) is 0 Å². The zero-order chi connectivity index (χ0) is 14.6. The molecule has 2 rings (SSSR count). The van der Waals surface area contributed by atoms with Crippen molar-refractivity contribution in [1.29, 1.82) is 0 Å². The highest BCUT2D eigenvalue weighted by atomic mass is 32.1. The maximum Gasteiger partial charge on any atom is 0.308 e. The number of carboxylic acid groups (broad SMARTS) is 1. The SMILES string of the molecule is CC(CNC(=O)C1(c2cccs2)CCCCC1)C(=O)O. The summed E-state index contributed by atoms with van der Waals surface area (Å²) >= 11 is 1.62. The number of rotatable bonds is 5. The van der Waals surface area contributed by atoms with E-state index in [4.69, 9.17) is 5.11 Å². The molecule has 20 heavy (non-hydrogen) atoms. The predicted octanol–water partition coefficient (Wildman–Crippen LogP) is 2.79. The van der Waals surface area contributed by atoms with Gasteiger partial charge in [0.1, 0.15) is 0 Å². The molecule has 0 aromatic carbocycles. The fourth-order valence-corrected chi connectivity index (χ4v) is 3.78. The van der Waals surface area contributed by atoms with Gasteiger partial charge in [0.25, 0.3) is 0 Å². The first-order valence-electron chi connectivity index (χ1n) is 7.11. The van der Waals surface area contributed by atoms with E-state index in [1.54, 1.807) is 18.3 Å². The Balaban J connectivity index is 2.11. The summed E-state index contributed by atoms with van der Waals surface area (Å²) in [7, 11) is 0. The van der Waals surface area contributed by atoms with Gasteiger partial charge in [0, 0.05) is 11.4 Å². The van der Waals surface area contributed by atoms with Crippen LogP contribution in [-0.4, -0.2) is 23.5 Å². The third-order valence-electron chi connectivity index (χ3n) is 4.12. The molecule has 5 heteroatoms. The van der Waals surface area contributed by atoms with E-state index in [2.05, 4.69) is 5.32 Å². The largest absolute Gasteiger partial charge is 0.481 e. The normalized spacial score (nSPS) is 19.2. The van der Waals surface area contributed by atoms with E-state index in [-0.39, 0.29) is 12.5 Å². The van der Waals surface area contributed by atoms with Gasteiger partial charge < -0.3 is 10.4 Å². The van der Waals surface area contributed by atoms with E-state index in [0.29, 0.717) is 0 Å². The Labute approximate surface area is 123 Å². The molecule has 1 saturated carbocycles. The number of carbonyl (C=O) groups is 2. The third-order valence-corrected chi connectivity index (χ3v) is 5.20. The van der Waals surface area contributed by atoms with Crippen LogP contribution in [0.4, 0.5) is 0 Å². The molecular formula is C15H21NO3S. The summed E-state index contributed by atoms with van der Waals surface area (Å²) in [5.74, 6) is -1.44. The Morgan fingerprint density at radius 1 is 1.40 bits per heavy atom. The topological polar surface area (TPSA) is 66.4 Å². The molecule has 110 valence electrons. The Morgan fingerprint density at radius 2 is 2.10 bits per heavy atom. The number of thiophene rings is 1. The first kappa shape index (κ1) is 15.0. The molecule has 1 atom stereocenters. The molecule has 1 amide bonds. The lowest BCUT2D eigenvalue weighted by Crippen LogP contribution is -2.47. The molecule has 2 N–H and O–H groups in total. The molecule has 1 aliphatic rings. The van der Waals surface area contributed by atoms with Gasteiger partial charge in [0.2, 0.25) is 5.91 Å². The first-order chi connectivity index (χ1) is 9.56. The van der Waals surface area contributed by atoms with Crippen molar-refractivity contribution in [2.45, 2.75) is 44.4 Å². The molecule has 1 heterocycles. The number of nitrogens with one attached hydrogen (secondary N) is 1. The smallest absolute Gasteiger partial charge is 0.308 e. The van der Waals surface area contributed by atoms with Gasteiger partial charge in [-0.15, -0.1) is 11.3 Å². The van der Waals surface area contributed by atoms with Gasteiger partial charge in [0.05, 0.1) is 11.3 Å². The second kappa shape index (κ2) is 6.39. The average molecular weight is 295 g/mol. The summed E-state index contributed by atoms with van der Waals surface area (Å²) in [6.45, 7) is 1.81. The molecular weight excluding hydrogens is 274 g/mol. The second-order valence-corrected chi connectivity index (χ2v) is 6.52. The number of hydrogen-bond donors (Lipinski definition) is 2. The minimum Gasteiger partial charge on any atom is -0.481 e. The molecule has 1 unspecified atom stereocenters. The Bertz CT molecular complexity index is 463.